The minimum absolute atomic E-state index is 0.0697. The number of nitrogens with zero attached hydrogens (tertiary/aromatic N) is 3. The second-order valence-electron chi connectivity index (χ2n) is 8.63. The molecule has 0 unspecified atom stereocenters. The number of hydrogen-bond acceptors (Lipinski definition) is 3. The Bertz CT molecular complexity index is 1370. The molecule has 3 aromatic carbocycles. The number of amides is 2. The van der Waals surface area contributed by atoms with Gasteiger partial charge < -0.3 is 10.2 Å². The Morgan fingerprint density at radius 1 is 0.971 bits per heavy atom. The van der Waals surface area contributed by atoms with Gasteiger partial charge >= 0.3 is 0 Å². The molecule has 0 atom stereocenters. The molecule has 170 valence electrons. The lowest BCUT2D eigenvalue weighted by Gasteiger charge is -2.23. The third-order valence-electron chi connectivity index (χ3n) is 6.23. The quantitative estimate of drug-likeness (QED) is 0.487. The highest BCUT2D eigenvalue weighted by atomic mass is 16.2. The van der Waals surface area contributed by atoms with Gasteiger partial charge in [-0.25, -0.2) is 0 Å². The van der Waals surface area contributed by atoms with Crippen LogP contribution in [0.5, 0.6) is 0 Å². The summed E-state index contributed by atoms with van der Waals surface area (Å²) in [5.74, 6) is -0.153. The fraction of sp³-hybridized carbons (Fsp3) is 0.179. The number of rotatable bonds is 4. The van der Waals surface area contributed by atoms with Crippen LogP contribution in [0.15, 0.2) is 79.0 Å². The van der Waals surface area contributed by atoms with Gasteiger partial charge in [0.2, 0.25) is 5.91 Å². The topological polar surface area (TPSA) is 67.2 Å². The zero-order chi connectivity index (χ0) is 23.7. The Morgan fingerprint density at radius 3 is 2.50 bits per heavy atom. The third-order valence-corrected chi connectivity index (χ3v) is 6.23. The number of nitrogens with one attached hydrogen (secondary N) is 1. The van der Waals surface area contributed by atoms with Crippen LogP contribution in [0.3, 0.4) is 0 Å². The number of fused-ring (bicyclic) bond motifs is 3. The van der Waals surface area contributed by atoms with Crippen LogP contribution in [0.4, 0.5) is 11.4 Å². The number of benzene rings is 3. The van der Waals surface area contributed by atoms with Crippen molar-refractivity contribution in [3.05, 3.63) is 101 Å². The van der Waals surface area contributed by atoms with Crippen molar-refractivity contribution in [3.8, 4) is 11.3 Å². The molecular formula is C28H26N4O2. The molecule has 6 nitrogen and oxygen atoms in total. The molecule has 1 N–H and O–H groups in total. The van der Waals surface area contributed by atoms with E-state index in [1.165, 1.54) is 0 Å². The van der Waals surface area contributed by atoms with Crippen molar-refractivity contribution in [1.29, 1.82) is 0 Å². The Kier molecular flexibility index (Phi) is 5.72. The van der Waals surface area contributed by atoms with E-state index in [0.29, 0.717) is 24.2 Å². The number of carbonyl (C=O) groups excluding carboxylic acids is 2. The van der Waals surface area contributed by atoms with Gasteiger partial charge in [0.05, 0.1) is 17.8 Å². The monoisotopic (exact) mass is 450 g/mol. The van der Waals surface area contributed by atoms with Gasteiger partial charge in [-0.1, -0.05) is 42.5 Å². The van der Waals surface area contributed by atoms with E-state index in [1.54, 1.807) is 24.3 Å². The number of para-hydroxylation sites is 1. The Labute approximate surface area is 198 Å². The molecule has 2 heterocycles. The summed E-state index contributed by atoms with van der Waals surface area (Å²) in [5, 5.41) is 7.56. The summed E-state index contributed by atoms with van der Waals surface area (Å²) in [6.07, 6.45) is 3.07. The normalized spacial score (nSPS) is 12.5. The first-order valence-electron chi connectivity index (χ1n) is 11.4. The number of carbonyl (C=O) groups is 2. The first kappa shape index (κ1) is 21.6. The average molecular weight is 451 g/mol. The molecular weight excluding hydrogens is 424 g/mol. The molecule has 0 saturated carbocycles. The predicted octanol–water partition coefficient (Wildman–Crippen LogP) is 4.78. The van der Waals surface area contributed by atoms with Crippen LogP contribution in [-0.4, -0.2) is 28.1 Å². The Hall–Kier alpha value is -4.19. The van der Waals surface area contributed by atoms with Crippen molar-refractivity contribution in [1.82, 2.24) is 9.78 Å². The third kappa shape index (κ3) is 4.22. The zero-order valence-electron chi connectivity index (χ0n) is 19.3. The number of hydrogen-bond donors (Lipinski definition) is 1. The smallest absolute Gasteiger partial charge is 0.258 e. The molecule has 0 radical (unpaired) electrons. The Morgan fingerprint density at radius 2 is 1.71 bits per heavy atom. The molecule has 5 rings (SSSR count). The highest BCUT2D eigenvalue weighted by molar-refractivity contribution is 6.08. The average Bonchev–Trinajstić information content (AvgIpc) is 3.14. The lowest BCUT2D eigenvalue weighted by molar-refractivity contribution is -0.115. The molecule has 4 aromatic rings. The second-order valence-corrected chi connectivity index (χ2v) is 8.63. The summed E-state index contributed by atoms with van der Waals surface area (Å²) in [7, 11) is 1.92. The van der Waals surface area contributed by atoms with E-state index in [0.717, 1.165) is 40.1 Å². The van der Waals surface area contributed by atoms with Crippen LogP contribution in [0.25, 0.3) is 11.3 Å². The van der Waals surface area contributed by atoms with E-state index < -0.39 is 0 Å². The first-order chi connectivity index (χ1) is 16.5. The fourth-order valence-corrected chi connectivity index (χ4v) is 4.46. The van der Waals surface area contributed by atoms with E-state index in [4.69, 9.17) is 0 Å². The van der Waals surface area contributed by atoms with Crippen molar-refractivity contribution in [2.45, 2.75) is 19.8 Å². The van der Waals surface area contributed by atoms with Crippen LogP contribution in [0.2, 0.25) is 0 Å². The van der Waals surface area contributed by atoms with Crippen molar-refractivity contribution in [2.24, 2.45) is 7.05 Å². The second kappa shape index (κ2) is 8.98. The molecule has 1 aliphatic heterocycles. The van der Waals surface area contributed by atoms with Crippen molar-refractivity contribution in [2.75, 3.05) is 16.8 Å². The van der Waals surface area contributed by atoms with E-state index in [1.807, 2.05) is 78.3 Å². The van der Waals surface area contributed by atoms with E-state index in [9.17, 15) is 9.59 Å². The summed E-state index contributed by atoms with van der Waals surface area (Å²) >= 11 is 0. The Balaban J connectivity index is 1.33. The van der Waals surface area contributed by atoms with Crippen molar-refractivity contribution < 1.29 is 9.59 Å². The van der Waals surface area contributed by atoms with Crippen LogP contribution in [-0.2, 0) is 24.7 Å². The van der Waals surface area contributed by atoms with E-state index in [2.05, 4.69) is 10.4 Å². The molecule has 1 aliphatic rings. The highest BCUT2D eigenvalue weighted by Crippen LogP contribution is 2.36. The van der Waals surface area contributed by atoms with Crippen LogP contribution in [0.1, 0.15) is 27.0 Å². The van der Waals surface area contributed by atoms with Gasteiger partial charge in [0.15, 0.2) is 0 Å². The largest absolute Gasteiger partial charge is 0.326 e. The predicted molar refractivity (Wildman–Crippen MR) is 134 cm³/mol. The van der Waals surface area contributed by atoms with Gasteiger partial charge in [0.25, 0.3) is 5.91 Å². The number of aryl methyl sites for hydroxylation is 2. The first-order valence-corrected chi connectivity index (χ1v) is 11.4. The number of anilines is 2. The van der Waals surface area contributed by atoms with Crippen molar-refractivity contribution >= 4 is 23.2 Å². The lowest BCUT2D eigenvalue weighted by atomic mass is 10.1. The van der Waals surface area contributed by atoms with Gasteiger partial charge in [0.1, 0.15) is 0 Å². The molecule has 2 amide bonds. The van der Waals surface area contributed by atoms with Crippen LogP contribution >= 0.6 is 0 Å². The molecule has 34 heavy (non-hydrogen) atoms. The summed E-state index contributed by atoms with van der Waals surface area (Å²) in [5.41, 5.74) is 7.23. The maximum absolute atomic E-state index is 13.5. The molecule has 6 heteroatoms. The minimum Gasteiger partial charge on any atom is -0.326 e. The van der Waals surface area contributed by atoms with Crippen LogP contribution < -0.4 is 10.2 Å². The van der Waals surface area contributed by atoms with Crippen molar-refractivity contribution in [3.63, 3.8) is 0 Å². The zero-order valence-corrected chi connectivity index (χ0v) is 19.3. The molecule has 0 saturated heterocycles. The summed E-state index contributed by atoms with van der Waals surface area (Å²) in [6.45, 7) is 2.57. The minimum atomic E-state index is -0.0830. The maximum atomic E-state index is 13.5. The van der Waals surface area contributed by atoms with Gasteiger partial charge in [-0.2, -0.15) is 5.10 Å². The van der Waals surface area contributed by atoms with Gasteiger partial charge in [-0.05, 0) is 60.4 Å². The summed E-state index contributed by atoms with van der Waals surface area (Å²) in [6, 6.07) is 22.9. The van der Waals surface area contributed by atoms with Gasteiger partial charge in [-0.3, -0.25) is 14.3 Å². The molecule has 0 fully saturated rings. The van der Waals surface area contributed by atoms with Gasteiger partial charge in [0, 0.05) is 36.6 Å². The van der Waals surface area contributed by atoms with E-state index >= 15 is 0 Å². The summed E-state index contributed by atoms with van der Waals surface area (Å²) < 4.78 is 1.82. The SMILES string of the molecule is Cc1ccccc1CC(=O)Nc1ccc(C(=O)N2CCc3cn(C)nc3-c3ccccc32)cc1. The van der Waals surface area contributed by atoms with E-state index in [-0.39, 0.29) is 11.8 Å². The number of aromatic nitrogens is 2. The molecule has 1 aromatic heterocycles. The highest BCUT2D eigenvalue weighted by Gasteiger charge is 2.26. The molecule has 0 spiro atoms. The summed E-state index contributed by atoms with van der Waals surface area (Å²) in [4.78, 5) is 27.8. The fourth-order valence-electron chi connectivity index (χ4n) is 4.46. The van der Waals surface area contributed by atoms with Crippen LogP contribution in [0, 0.1) is 6.92 Å². The molecule has 0 bridgehead atoms. The van der Waals surface area contributed by atoms with Gasteiger partial charge in [-0.15, -0.1) is 0 Å². The maximum Gasteiger partial charge on any atom is 0.258 e. The standard InChI is InChI=1S/C28H26N4O2/c1-19-7-3-4-8-21(19)17-26(33)29-23-13-11-20(12-14-23)28(34)32-16-15-22-18-31(2)30-27(22)24-9-5-6-10-25(24)32/h3-14,18H,15-17H2,1-2H3,(H,29,33). The lowest BCUT2D eigenvalue weighted by Crippen LogP contribution is -2.32. The molecule has 0 aliphatic carbocycles.